The van der Waals surface area contributed by atoms with Gasteiger partial charge in [-0.1, -0.05) is 18.2 Å². The Morgan fingerprint density at radius 2 is 1.50 bits per heavy atom. The summed E-state index contributed by atoms with van der Waals surface area (Å²) in [6, 6.07) is 1.61. The van der Waals surface area contributed by atoms with Gasteiger partial charge >= 0.3 is 5.97 Å². The Hall–Kier alpha value is -4.01. The molecule has 4 unspecified atom stereocenters. The molecule has 0 saturated carbocycles. The highest BCUT2D eigenvalue weighted by Gasteiger charge is 2.31. The Bertz CT molecular complexity index is 1100. The van der Waals surface area contributed by atoms with E-state index in [9.17, 15) is 34.2 Å². The number of nitrogens with one attached hydrogen (secondary N) is 4. The number of carbonyl (C=O) groups is 5. The minimum Gasteiger partial charge on any atom is -0.480 e. The molecule has 0 bridgehead atoms. The van der Waals surface area contributed by atoms with Gasteiger partial charge in [-0.05, 0) is 18.1 Å². The van der Waals surface area contributed by atoms with Crippen molar-refractivity contribution < 1.29 is 39.3 Å². The number of carboxylic acids is 1. The van der Waals surface area contributed by atoms with Gasteiger partial charge in [0.1, 0.15) is 24.2 Å². The standard InChI is InChI=1S/C22H30N6O8/c23-13(9-29)19(32)27-16(7-11-8-25-14-4-2-1-3-12(11)14)21(34)26-15(5-6-18(24)31)20(33)28-17(10-30)22(35)36/h1-4,8,13,15-17,25,29-30H,5-7,9-10,23H2,(H2,24,31)(H,26,34)(H,27,32)(H,28,33)(H,35,36). The lowest BCUT2D eigenvalue weighted by atomic mass is 10.0. The molecule has 1 aromatic carbocycles. The predicted molar refractivity (Wildman–Crippen MR) is 126 cm³/mol. The highest BCUT2D eigenvalue weighted by Crippen LogP contribution is 2.19. The number of aromatic nitrogens is 1. The molecule has 14 heteroatoms. The highest BCUT2D eigenvalue weighted by molar-refractivity contribution is 5.95. The number of hydrogen-bond acceptors (Lipinski definition) is 8. The molecule has 0 saturated heterocycles. The first-order valence-corrected chi connectivity index (χ1v) is 11.0. The van der Waals surface area contributed by atoms with Crippen molar-refractivity contribution in [2.24, 2.45) is 11.5 Å². The van der Waals surface area contributed by atoms with Crippen LogP contribution in [0.1, 0.15) is 18.4 Å². The van der Waals surface area contributed by atoms with Gasteiger partial charge in [0.2, 0.25) is 23.6 Å². The Balaban J connectivity index is 2.29. The van der Waals surface area contributed by atoms with E-state index < -0.39 is 67.0 Å². The molecule has 4 atom stereocenters. The van der Waals surface area contributed by atoms with Crippen molar-refractivity contribution in [1.29, 1.82) is 0 Å². The van der Waals surface area contributed by atoms with Crippen LogP contribution in [-0.4, -0.2) is 87.3 Å². The van der Waals surface area contributed by atoms with E-state index in [-0.39, 0.29) is 19.3 Å². The summed E-state index contributed by atoms with van der Waals surface area (Å²) >= 11 is 0. The van der Waals surface area contributed by atoms with E-state index >= 15 is 0 Å². The Morgan fingerprint density at radius 1 is 0.889 bits per heavy atom. The summed E-state index contributed by atoms with van der Waals surface area (Å²) in [6.45, 7) is -1.58. The van der Waals surface area contributed by atoms with Crippen LogP contribution in [0.15, 0.2) is 30.5 Å². The van der Waals surface area contributed by atoms with Crippen molar-refractivity contribution in [3.8, 4) is 0 Å². The third-order valence-corrected chi connectivity index (χ3v) is 5.37. The molecule has 0 fully saturated rings. The molecule has 1 heterocycles. The first-order valence-electron chi connectivity index (χ1n) is 11.0. The lowest BCUT2D eigenvalue weighted by molar-refractivity contribution is -0.143. The minimum absolute atomic E-state index is 0.0295. The fraction of sp³-hybridized carbons (Fsp3) is 0.409. The molecule has 0 aliphatic carbocycles. The molecule has 1 aromatic heterocycles. The number of amides is 4. The molecule has 4 amide bonds. The Labute approximate surface area is 205 Å². The van der Waals surface area contributed by atoms with Crippen molar-refractivity contribution >= 4 is 40.5 Å². The van der Waals surface area contributed by atoms with Gasteiger partial charge in [0.25, 0.3) is 0 Å². The van der Waals surface area contributed by atoms with Gasteiger partial charge in [0.15, 0.2) is 0 Å². The van der Waals surface area contributed by atoms with Crippen molar-refractivity contribution in [3.05, 3.63) is 36.0 Å². The second-order valence-corrected chi connectivity index (χ2v) is 8.06. The quantitative estimate of drug-likeness (QED) is 0.125. The lowest BCUT2D eigenvalue weighted by Crippen LogP contribution is -2.58. The average Bonchev–Trinajstić information content (AvgIpc) is 3.26. The van der Waals surface area contributed by atoms with E-state index in [2.05, 4.69) is 20.9 Å². The molecule has 14 nitrogen and oxygen atoms in total. The number of carboxylic acid groups (broad SMARTS) is 1. The summed E-state index contributed by atoms with van der Waals surface area (Å²) in [7, 11) is 0. The van der Waals surface area contributed by atoms with E-state index in [1.165, 1.54) is 0 Å². The van der Waals surface area contributed by atoms with E-state index in [1.54, 1.807) is 18.3 Å². The van der Waals surface area contributed by atoms with Crippen molar-refractivity contribution in [1.82, 2.24) is 20.9 Å². The number of aliphatic carboxylic acids is 1. The summed E-state index contributed by atoms with van der Waals surface area (Å²) in [5.74, 6) is -4.90. The second-order valence-electron chi connectivity index (χ2n) is 8.06. The molecule has 196 valence electrons. The molecule has 0 aliphatic heterocycles. The van der Waals surface area contributed by atoms with Gasteiger partial charge in [-0.25, -0.2) is 4.79 Å². The largest absolute Gasteiger partial charge is 0.480 e. The third-order valence-electron chi connectivity index (χ3n) is 5.37. The van der Waals surface area contributed by atoms with Gasteiger partial charge in [0.05, 0.1) is 13.2 Å². The molecule has 0 spiro atoms. The summed E-state index contributed by atoms with van der Waals surface area (Å²) in [5.41, 5.74) is 12.2. The molecule has 11 N–H and O–H groups in total. The van der Waals surface area contributed by atoms with E-state index in [4.69, 9.17) is 16.6 Å². The molecule has 36 heavy (non-hydrogen) atoms. The first-order chi connectivity index (χ1) is 17.1. The number of hydrogen-bond donors (Lipinski definition) is 9. The maximum atomic E-state index is 13.2. The number of aliphatic hydroxyl groups is 2. The van der Waals surface area contributed by atoms with Crippen LogP contribution in [0.3, 0.4) is 0 Å². The van der Waals surface area contributed by atoms with Gasteiger partial charge in [-0.2, -0.15) is 0 Å². The van der Waals surface area contributed by atoms with Gasteiger partial charge < -0.3 is 47.7 Å². The van der Waals surface area contributed by atoms with Gasteiger partial charge in [0, 0.05) is 29.9 Å². The molecule has 0 radical (unpaired) electrons. The number of aromatic amines is 1. The fourth-order valence-electron chi connectivity index (χ4n) is 3.38. The molecule has 2 aromatic rings. The number of carbonyl (C=O) groups excluding carboxylic acids is 4. The monoisotopic (exact) mass is 506 g/mol. The summed E-state index contributed by atoms with van der Waals surface area (Å²) in [6.07, 6.45) is 1.04. The SMILES string of the molecule is NC(=O)CCC(NC(=O)C(Cc1c[nH]c2ccccc12)NC(=O)C(N)CO)C(=O)NC(CO)C(=O)O. The second kappa shape index (κ2) is 13.2. The minimum atomic E-state index is -1.64. The lowest BCUT2D eigenvalue weighted by Gasteiger charge is -2.24. The number of nitrogens with two attached hydrogens (primary N) is 2. The number of para-hydroxylation sites is 1. The summed E-state index contributed by atoms with van der Waals surface area (Å²) in [5, 5.41) is 35.1. The smallest absolute Gasteiger partial charge is 0.328 e. The first kappa shape index (κ1) is 28.2. The van der Waals surface area contributed by atoms with Gasteiger partial charge in [-0.15, -0.1) is 0 Å². The molecule has 2 rings (SSSR count). The normalized spacial score (nSPS) is 14.3. The van der Waals surface area contributed by atoms with E-state index in [1.807, 2.05) is 12.1 Å². The third kappa shape index (κ3) is 7.76. The summed E-state index contributed by atoms with van der Waals surface area (Å²) < 4.78 is 0. The molecular formula is C22H30N6O8. The van der Waals surface area contributed by atoms with Gasteiger partial charge in [-0.3, -0.25) is 19.2 Å². The van der Waals surface area contributed by atoms with Crippen LogP contribution in [-0.2, 0) is 30.4 Å². The number of aliphatic hydroxyl groups excluding tert-OH is 2. The molecular weight excluding hydrogens is 476 g/mol. The zero-order valence-corrected chi connectivity index (χ0v) is 19.3. The number of fused-ring (bicyclic) bond motifs is 1. The Kier molecular flexibility index (Phi) is 10.3. The topological polar surface area (TPSA) is 250 Å². The van der Waals surface area contributed by atoms with Crippen LogP contribution in [0.5, 0.6) is 0 Å². The van der Waals surface area contributed by atoms with E-state index in [0.29, 0.717) is 5.56 Å². The van der Waals surface area contributed by atoms with Crippen LogP contribution in [0.4, 0.5) is 0 Å². The maximum Gasteiger partial charge on any atom is 0.328 e. The molecule has 0 aliphatic rings. The predicted octanol–water partition coefficient (Wildman–Crippen LogP) is -3.17. The van der Waals surface area contributed by atoms with Crippen LogP contribution in [0.2, 0.25) is 0 Å². The van der Waals surface area contributed by atoms with Crippen molar-refractivity contribution in [2.75, 3.05) is 13.2 Å². The van der Waals surface area contributed by atoms with Crippen LogP contribution in [0.25, 0.3) is 10.9 Å². The zero-order valence-electron chi connectivity index (χ0n) is 19.3. The van der Waals surface area contributed by atoms with E-state index in [0.717, 1.165) is 10.9 Å². The van der Waals surface area contributed by atoms with Crippen LogP contribution >= 0.6 is 0 Å². The maximum absolute atomic E-state index is 13.2. The highest BCUT2D eigenvalue weighted by atomic mass is 16.4. The van der Waals surface area contributed by atoms with Crippen LogP contribution < -0.4 is 27.4 Å². The average molecular weight is 507 g/mol. The number of benzene rings is 1. The number of rotatable bonds is 14. The van der Waals surface area contributed by atoms with Crippen LogP contribution in [0, 0.1) is 0 Å². The zero-order chi connectivity index (χ0) is 26.8. The number of H-pyrrole nitrogens is 1. The fourth-order valence-corrected chi connectivity index (χ4v) is 3.38. The van der Waals surface area contributed by atoms with Crippen molar-refractivity contribution in [2.45, 2.75) is 43.4 Å². The Morgan fingerprint density at radius 3 is 2.11 bits per heavy atom. The number of primary amides is 1. The summed E-state index contributed by atoms with van der Waals surface area (Å²) in [4.78, 5) is 63.7. The van der Waals surface area contributed by atoms with Crippen molar-refractivity contribution in [3.63, 3.8) is 0 Å².